The van der Waals surface area contributed by atoms with Crippen molar-refractivity contribution in [2.24, 2.45) is 0 Å². The summed E-state index contributed by atoms with van der Waals surface area (Å²) < 4.78 is 0.892. The Bertz CT molecular complexity index is 765. The van der Waals surface area contributed by atoms with Gasteiger partial charge in [0.05, 0.1) is 20.9 Å². The fourth-order valence-electron chi connectivity index (χ4n) is 1.61. The van der Waals surface area contributed by atoms with Gasteiger partial charge in [0, 0.05) is 5.38 Å². The van der Waals surface area contributed by atoms with E-state index in [2.05, 4.69) is 15.3 Å². The molecular formula is C12H8ClN3OS2. The first-order chi connectivity index (χ1) is 9.13. The molecule has 4 nitrogen and oxygen atoms in total. The van der Waals surface area contributed by atoms with E-state index in [1.54, 1.807) is 6.07 Å². The number of amides is 1. The van der Waals surface area contributed by atoms with Crippen LogP contribution >= 0.6 is 34.3 Å². The normalized spacial score (nSPS) is 10.8. The molecule has 0 aromatic carbocycles. The van der Waals surface area contributed by atoms with Crippen molar-refractivity contribution in [3.8, 4) is 0 Å². The minimum absolute atomic E-state index is 0.295. The summed E-state index contributed by atoms with van der Waals surface area (Å²) in [5.41, 5.74) is 1.90. The molecule has 0 aliphatic heterocycles. The second-order valence-electron chi connectivity index (χ2n) is 3.87. The maximum absolute atomic E-state index is 12.1. The maximum Gasteiger partial charge on any atom is 0.276 e. The van der Waals surface area contributed by atoms with Crippen molar-refractivity contribution in [1.29, 1.82) is 0 Å². The highest BCUT2D eigenvalue weighted by molar-refractivity contribution is 7.17. The number of aromatic nitrogens is 2. The summed E-state index contributed by atoms with van der Waals surface area (Å²) >= 11 is 9.02. The van der Waals surface area contributed by atoms with E-state index in [4.69, 9.17) is 11.6 Å². The van der Waals surface area contributed by atoms with Crippen molar-refractivity contribution in [2.45, 2.75) is 6.92 Å². The van der Waals surface area contributed by atoms with E-state index < -0.39 is 0 Å². The van der Waals surface area contributed by atoms with Crippen LogP contribution in [0.4, 0.5) is 5.13 Å². The third-order valence-electron chi connectivity index (χ3n) is 2.44. The summed E-state index contributed by atoms with van der Waals surface area (Å²) in [5.74, 6) is -0.302. The third kappa shape index (κ3) is 2.47. The number of thiazole rings is 1. The Balaban J connectivity index is 1.92. The monoisotopic (exact) mass is 309 g/mol. The highest BCUT2D eigenvalue weighted by Crippen LogP contribution is 2.28. The number of nitrogens with zero attached hydrogens (tertiary/aromatic N) is 2. The molecule has 3 heterocycles. The predicted molar refractivity (Wildman–Crippen MR) is 79.4 cm³/mol. The van der Waals surface area contributed by atoms with Gasteiger partial charge < -0.3 is 0 Å². The fourth-order valence-corrected chi connectivity index (χ4v) is 3.36. The van der Waals surface area contributed by atoms with Crippen LogP contribution in [0.15, 0.2) is 22.9 Å². The Morgan fingerprint density at radius 3 is 2.95 bits per heavy atom. The molecule has 3 rings (SSSR count). The topological polar surface area (TPSA) is 54.9 Å². The maximum atomic E-state index is 12.1. The van der Waals surface area contributed by atoms with E-state index in [1.807, 2.05) is 23.8 Å². The smallest absolute Gasteiger partial charge is 0.276 e. The van der Waals surface area contributed by atoms with Gasteiger partial charge in [0.1, 0.15) is 5.69 Å². The molecule has 0 unspecified atom stereocenters. The Kier molecular flexibility index (Phi) is 3.22. The quantitative estimate of drug-likeness (QED) is 0.779. The zero-order valence-corrected chi connectivity index (χ0v) is 12.2. The number of hydrogen-bond donors (Lipinski definition) is 1. The summed E-state index contributed by atoms with van der Waals surface area (Å²) in [6, 6.07) is 3.42. The van der Waals surface area contributed by atoms with Crippen molar-refractivity contribution in [3.63, 3.8) is 0 Å². The molecule has 0 saturated heterocycles. The number of carbonyl (C=O) groups excluding carboxylic acids is 1. The van der Waals surface area contributed by atoms with E-state index in [1.165, 1.54) is 22.7 Å². The lowest BCUT2D eigenvalue weighted by Crippen LogP contribution is -2.13. The van der Waals surface area contributed by atoms with E-state index >= 15 is 0 Å². The summed E-state index contributed by atoms with van der Waals surface area (Å²) in [6.45, 7) is 1.87. The molecule has 0 aliphatic rings. The summed E-state index contributed by atoms with van der Waals surface area (Å²) in [7, 11) is 0. The van der Waals surface area contributed by atoms with Crippen LogP contribution in [-0.2, 0) is 0 Å². The third-order valence-corrected chi connectivity index (χ3v) is 4.66. The summed E-state index contributed by atoms with van der Waals surface area (Å²) in [4.78, 5) is 20.5. The van der Waals surface area contributed by atoms with Crippen LogP contribution in [0.1, 0.15) is 16.2 Å². The Hall–Kier alpha value is -1.50. The lowest BCUT2D eigenvalue weighted by atomic mass is 10.3. The van der Waals surface area contributed by atoms with Crippen molar-refractivity contribution in [3.05, 3.63) is 39.3 Å². The molecule has 0 radical (unpaired) electrons. The molecule has 3 aromatic heterocycles. The van der Waals surface area contributed by atoms with Gasteiger partial charge in [-0.15, -0.1) is 22.7 Å². The van der Waals surface area contributed by atoms with Crippen LogP contribution < -0.4 is 5.32 Å². The van der Waals surface area contributed by atoms with Crippen molar-refractivity contribution in [2.75, 3.05) is 5.32 Å². The van der Waals surface area contributed by atoms with E-state index in [-0.39, 0.29) is 5.91 Å². The van der Waals surface area contributed by atoms with Crippen LogP contribution in [0, 0.1) is 6.92 Å². The second-order valence-corrected chi connectivity index (χ2v) is 6.05. The molecule has 1 N–H and O–H groups in total. The average Bonchev–Trinajstić information content (AvgIpc) is 2.98. The number of pyridine rings is 1. The summed E-state index contributed by atoms with van der Waals surface area (Å²) in [6.07, 6.45) is 0. The molecule has 0 atom stereocenters. The number of anilines is 1. The molecule has 0 fully saturated rings. The second kappa shape index (κ2) is 4.88. The van der Waals surface area contributed by atoms with Crippen LogP contribution in [0.5, 0.6) is 0 Å². The van der Waals surface area contributed by atoms with Gasteiger partial charge in [-0.1, -0.05) is 11.6 Å². The largest absolute Gasteiger partial charge is 0.296 e. The molecule has 0 aliphatic carbocycles. The minimum Gasteiger partial charge on any atom is -0.296 e. The van der Waals surface area contributed by atoms with Gasteiger partial charge in [0.2, 0.25) is 0 Å². The van der Waals surface area contributed by atoms with Crippen molar-refractivity contribution in [1.82, 2.24) is 9.97 Å². The van der Waals surface area contributed by atoms with Gasteiger partial charge in [-0.25, -0.2) is 9.97 Å². The molecule has 0 bridgehead atoms. The van der Waals surface area contributed by atoms with Gasteiger partial charge in [0.15, 0.2) is 5.13 Å². The van der Waals surface area contributed by atoms with Gasteiger partial charge in [-0.2, -0.15) is 0 Å². The Morgan fingerprint density at radius 1 is 1.37 bits per heavy atom. The first-order valence-corrected chi connectivity index (χ1v) is 7.54. The summed E-state index contributed by atoms with van der Waals surface area (Å²) in [5, 5.41) is 7.59. The molecular weight excluding hydrogens is 302 g/mol. The number of fused-ring (bicyclic) bond motifs is 1. The molecule has 19 heavy (non-hydrogen) atoms. The molecule has 3 aromatic rings. The Labute approximate surface area is 122 Å². The molecule has 7 heteroatoms. The van der Waals surface area contributed by atoms with E-state index in [0.29, 0.717) is 15.8 Å². The van der Waals surface area contributed by atoms with Crippen LogP contribution in [0.3, 0.4) is 0 Å². The first-order valence-electron chi connectivity index (χ1n) is 5.41. The fraction of sp³-hybridized carbons (Fsp3) is 0.0833. The molecule has 0 spiro atoms. The average molecular weight is 310 g/mol. The zero-order chi connectivity index (χ0) is 13.4. The lowest BCUT2D eigenvalue weighted by Gasteiger charge is -2.02. The van der Waals surface area contributed by atoms with E-state index in [9.17, 15) is 4.79 Å². The van der Waals surface area contributed by atoms with Crippen molar-refractivity contribution >= 4 is 55.5 Å². The molecule has 0 saturated carbocycles. The lowest BCUT2D eigenvalue weighted by molar-refractivity contribution is 0.102. The van der Waals surface area contributed by atoms with Crippen LogP contribution in [-0.4, -0.2) is 15.9 Å². The first kappa shape index (κ1) is 12.5. The number of thiophene rings is 1. The molecule has 96 valence electrons. The number of hydrogen-bond acceptors (Lipinski definition) is 5. The minimum atomic E-state index is -0.302. The number of carbonyl (C=O) groups is 1. The number of halogens is 1. The van der Waals surface area contributed by atoms with E-state index in [0.717, 1.165) is 15.9 Å². The van der Waals surface area contributed by atoms with Crippen LogP contribution in [0.25, 0.3) is 10.2 Å². The Morgan fingerprint density at radius 2 is 2.21 bits per heavy atom. The predicted octanol–water partition coefficient (Wildman–Crippen LogP) is 3.97. The molecule has 1 amide bonds. The van der Waals surface area contributed by atoms with Gasteiger partial charge in [-0.05, 0) is 24.4 Å². The highest BCUT2D eigenvalue weighted by Gasteiger charge is 2.13. The number of aryl methyl sites for hydroxylation is 1. The van der Waals surface area contributed by atoms with Gasteiger partial charge in [0.25, 0.3) is 5.91 Å². The van der Waals surface area contributed by atoms with Crippen LogP contribution in [0.2, 0.25) is 5.02 Å². The SMILES string of the molecule is Cc1csc(NC(=O)c2cc(Cl)c3sccc3n2)n1. The van der Waals surface area contributed by atoms with Crippen molar-refractivity contribution < 1.29 is 4.79 Å². The van der Waals surface area contributed by atoms with Gasteiger partial charge >= 0.3 is 0 Å². The standard InChI is InChI=1S/C12H8ClN3OS2/c1-6-5-19-12(14-6)16-11(17)9-4-7(13)10-8(15-9)2-3-18-10/h2-5H,1H3,(H,14,16,17). The van der Waals surface area contributed by atoms with Gasteiger partial charge in [-0.3, -0.25) is 10.1 Å². The number of rotatable bonds is 2. The number of nitrogens with one attached hydrogen (secondary N) is 1. The highest BCUT2D eigenvalue weighted by atomic mass is 35.5. The zero-order valence-electron chi connectivity index (χ0n) is 9.81.